The van der Waals surface area contributed by atoms with Crippen molar-refractivity contribution in [2.45, 2.75) is 40.2 Å². The number of nitrogens with zero attached hydrogens (tertiary/aromatic N) is 1. The first-order valence-corrected chi connectivity index (χ1v) is 6.53. The summed E-state index contributed by atoms with van der Waals surface area (Å²) < 4.78 is 0. The average molecular weight is 242 g/mol. The molecule has 0 fully saturated rings. The number of nitrogens with one attached hydrogen (secondary N) is 1. The first-order valence-electron chi connectivity index (χ1n) is 5.71. The molecule has 16 heavy (non-hydrogen) atoms. The first kappa shape index (κ1) is 13.6. The minimum atomic E-state index is 0.142. The van der Waals surface area contributed by atoms with E-state index in [9.17, 15) is 0 Å². The van der Waals surface area contributed by atoms with Crippen molar-refractivity contribution in [3.05, 3.63) is 16.1 Å². The Hall–Kier alpha value is -0.450. The van der Waals surface area contributed by atoms with Crippen molar-refractivity contribution in [2.75, 3.05) is 13.2 Å². The highest BCUT2D eigenvalue weighted by atomic mass is 32.1. The van der Waals surface area contributed by atoms with Crippen LogP contribution in [-0.2, 0) is 0 Å². The molecule has 0 aromatic carbocycles. The van der Waals surface area contributed by atoms with Crippen molar-refractivity contribution in [2.24, 2.45) is 5.41 Å². The zero-order valence-corrected chi connectivity index (χ0v) is 11.4. The molecule has 2 N–H and O–H groups in total. The standard InChI is InChI=1S/C12H22N2OS/c1-9(11-7-13-10(2)16-11)14-8-12(3,4)5-6-15/h7,9,14-15H,5-6,8H2,1-4H3. The van der Waals surface area contributed by atoms with Gasteiger partial charge in [0, 0.05) is 30.3 Å². The van der Waals surface area contributed by atoms with Crippen molar-refractivity contribution < 1.29 is 5.11 Å². The van der Waals surface area contributed by atoms with Crippen LogP contribution in [0.25, 0.3) is 0 Å². The third-order valence-electron chi connectivity index (χ3n) is 2.74. The molecule has 1 heterocycles. The Labute approximate surface area is 102 Å². The van der Waals surface area contributed by atoms with E-state index in [4.69, 9.17) is 5.11 Å². The Morgan fingerprint density at radius 3 is 2.75 bits per heavy atom. The van der Waals surface area contributed by atoms with E-state index in [1.165, 1.54) is 4.88 Å². The predicted molar refractivity (Wildman–Crippen MR) is 68.8 cm³/mol. The quantitative estimate of drug-likeness (QED) is 0.805. The second kappa shape index (κ2) is 5.75. The Kier molecular flexibility index (Phi) is 4.89. The second-order valence-electron chi connectivity index (χ2n) is 5.02. The summed E-state index contributed by atoms with van der Waals surface area (Å²) >= 11 is 1.74. The Morgan fingerprint density at radius 2 is 2.25 bits per heavy atom. The van der Waals surface area contributed by atoms with Crippen LogP contribution in [0.15, 0.2) is 6.20 Å². The maximum absolute atomic E-state index is 8.95. The SMILES string of the molecule is Cc1ncc(C(C)NCC(C)(C)CCO)s1. The minimum Gasteiger partial charge on any atom is -0.396 e. The molecule has 0 bridgehead atoms. The summed E-state index contributed by atoms with van der Waals surface area (Å²) in [5, 5.41) is 13.6. The molecule has 1 aromatic heterocycles. The zero-order valence-electron chi connectivity index (χ0n) is 10.6. The van der Waals surface area contributed by atoms with Gasteiger partial charge in [-0.1, -0.05) is 13.8 Å². The predicted octanol–water partition coefficient (Wildman–Crippen LogP) is 2.51. The number of aromatic nitrogens is 1. The molecule has 0 saturated heterocycles. The van der Waals surface area contributed by atoms with E-state index >= 15 is 0 Å². The van der Waals surface area contributed by atoms with E-state index in [2.05, 4.69) is 31.1 Å². The number of aryl methyl sites for hydroxylation is 1. The summed E-state index contributed by atoms with van der Waals surface area (Å²) in [5.74, 6) is 0. The van der Waals surface area contributed by atoms with Crippen molar-refractivity contribution in [1.82, 2.24) is 10.3 Å². The van der Waals surface area contributed by atoms with Crippen LogP contribution in [0.3, 0.4) is 0 Å². The van der Waals surface area contributed by atoms with Crippen LogP contribution in [0.5, 0.6) is 0 Å². The van der Waals surface area contributed by atoms with Crippen LogP contribution in [0.2, 0.25) is 0 Å². The van der Waals surface area contributed by atoms with Gasteiger partial charge in [-0.15, -0.1) is 11.3 Å². The van der Waals surface area contributed by atoms with Crippen molar-refractivity contribution in [3.63, 3.8) is 0 Å². The van der Waals surface area contributed by atoms with Crippen molar-refractivity contribution in [3.8, 4) is 0 Å². The number of rotatable bonds is 6. The molecule has 0 aliphatic rings. The van der Waals surface area contributed by atoms with E-state index < -0.39 is 0 Å². The Balaban J connectivity index is 2.43. The molecule has 1 unspecified atom stereocenters. The van der Waals surface area contributed by atoms with Crippen LogP contribution in [-0.4, -0.2) is 23.2 Å². The smallest absolute Gasteiger partial charge is 0.0897 e. The maximum Gasteiger partial charge on any atom is 0.0897 e. The van der Waals surface area contributed by atoms with Crippen LogP contribution < -0.4 is 5.32 Å². The molecule has 0 spiro atoms. The fourth-order valence-corrected chi connectivity index (χ4v) is 2.31. The van der Waals surface area contributed by atoms with Crippen LogP contribution in [0, 0.1) is 12.3 Å². The molecule has 0 aliphatic carbocycles. The van der Waals surface area contributed by atoms with Gasteiger partial charge in [-0.3, -0.25) is 0 Å². The fraction of sp³-hybridized carbons (Fsp3) is 0.750. The van der Waals surface area contributed by atoms with Gasteiger partial charge >= 0.3 is 0 Å². The summed E-state index contributed by atoms with van der Waals surface area (Å²) in [5.41, 5.74) is 0.142. The van der Waals surface area contributed by atoms with E-state index in [-0.39, 0.29) is 12.0 Å². The van der Waals surface area contributed by atoms with Crippen LogP contribution in [0.1, 0.15) is 43.1 Å². The van der Waals surface area contributed by atoms with Gasteiger partial charge < -0.3 is 10.4 Å². The zero-order chi connectivity index (χ0) is 12.2. The van der Waals surface area contributed by atoms with Gasteiger partial charge in [-0.2, -0.15) is 0 Å². The average Bonchev–Trinajstić information content (AvgIpc) is 2.61. The highest BCUT2D eigenvalue weighted by Gasteiger charge is 2.18. The molecule has 0 aliphatic heterocycles. The monoisotopic (exact) mass is 242 g/mol. The highest BCUT2D eigenvalue weighted by molar-refractivity contribution is 7.11. The van der Waals surface area contributed by atoms with E-state index in [0.29, 0.717) is 6.04 Å². The van der Waals surface area contributed by atoms with Crippen molar-refractivity contribution >= 4 is 11.3 Å². The lowest BCUT2D eigenvalue weighted by molar-refractivity contribution is 0.204. The largest absolute Gasteiger partial charge is 0.396 e. The summed E-state index contributed by atoms with van der Waals surface area (Å²) in [6.07, 6.45) is 2.77. The summed E-state index contributed by atoms with van der Waals surface area (Å²) in [6.45, 7) is 9.68. The van der Waals surface area contributed by atoms with Crippen LogP contribution in [0.4, 0.5) is 0 Å². The van der Waals surface area contributed by atoms with Gasteiger partial charge in [0.2, 0.25) is 0 Å². The number of thiazole rings is 1. The molecule has 1 rings (SSSR count). The van der Waals surface area contributed by atoms with Gasteiger partial charge in [0.1, 0.15) is 0 Å². The van der Waals surface area contributed by atoms with E-state index in [0.717, 1.165) is 18.0 Å². The maximum atomic E-state index is 8.95. The molecule has 4 heteroatoms. The third-order valence-corrected chi connectivity index (χ3v) is 3.84. The van der Waals surface area contributed by atoms with Gasteiger partial charge in [0.15, 0.2) is 0 Å². The first-order chi connectivity index (χ1) is 7.44. The minimum absolute atomic E-state index is 0.142. The molecule has 0 radical (unpaired) electrons. The Bertz CT molecular complexity index is 323. The second-order valence-corrected chi connectivity index (χ2v) is 6.29. The molecular weight excluding hydrogens is 220 g/mol. The molecule has 1 atom stereocenters. The number of aliphatic hydroxyl groups is 1. The van der Waals surface area contributed by atoms with Crippen molar-refractivity contribution in [1.29, 1.82) is 0 Å². The van der Waals surface area contributed by atoms with E-state index in [1.54, 1.807) is 11.3 Å². The van der Waals surface area contributed by atoms with Crippen LogP contribution >= 0.6 is 11.3 Å². The fourth-order valence-electron chi connectivity index (χ4n) is 1.50. The molecular formula is C12H22N2OS. The summed E-state index contributed by atoms with van der Waals surface area (Å²) in [6, 6.07) is 0.337. The lowest BCUT2D eigenvalue weighted by Gasteiger charge is -2.26. The molecule has 92 valence electrons. The molecule has 3 nitrogen and oxygen atoms in total. The van der Waals surface area contributed by atoms with Gasteiger partial charge in [-0.25, -0.2) is 4.98 Å². The summed E-state index contributed by atoms with van der Waals surface area (Å²) in [4.78, 5) is 5.53. The molecule has 0 amide bonds. The lowest BCUT2D eigenvalue weighted by atomic mass is 9.89. The van der Waals surface area contributed by atoms with Gasteiger partial charge in [0.05, 0.1) is 5.01 Å². The number of hydrogen-bond donors (Lipinski definition) is 2. The Morgan fingerprint density at radius 1 is 1.56 bits per heavy atom. The topological polar surface area (TPSA) is 45.2 Å². The molecule has 1 aromatic rings. The number of hydrogen-bond acceptors (Lipinski definition) is 4. The van der Waals surface area contributed by atoms with Gasteiger partial charge in [0.25, 0.3) is 0 Å². The van der Waals surface area contributed by atoms with Gasteiger partial charge in [-0.05, 0) is 25.7 Å². The number of aliphatic hydroxyl groups excluding tert-OH is 1. The van der Waals surface area contributed by atoms with E-state index in [1.807, 2.05) is 13.1 Å². The highest BCUT2D eigenvalue weighted by Crippen LogP contribution is 2.23. The normalized spacial score (nSPS) is 14.1. The molecule has 0 saturated carbocycles. The third kappa shape index (κ3) is 4.20. The summed E-state index contributed by atoms with van der Waals surface area (Å²) in [7, 11) is 0. The lowest BCUT2D eigenvalue weighted by Crippen LogP contribution is -2.31.